The number of rotatable bonds is 6. The third kappa shape index (κ3) is 6.44. The number of hydrogen-bond acceptors (Lipinski definition) is 4. The zero-order valence-corrected chi connectivity index (χ0v) is 19.0. The first-order valence-electron chi connectivity index (χ1n) is 9.75. The van der Waals surface area contributed by atoms with Gasteiger partial charge in [0.25, 0.3) is 5.91 Å². The molecule has 2 atom stereocenters. The topological polar surface area (TPSA) is 78.5 Å². The van der Waals surface area contributed by atoms with Crippen LogP contribution in [0.25, 0.3) is 0 Å². The largest absolute Gasteiger partial charge is 0.350 e. The molecule has 2 rings (SSSR count). The molecule has 0 aromatic heterocycles. The molecule has 1 aliphatic rings. The average Bonchev–Trinajstić information content (AvgIpc) is 2.57. The predicted molar refractivity (Wildman–Crippen MR) is 113 cm³/mol. The highest BCUT2D eigenvalue weighted by molar-refractivity contribution is 7.89. The van der Waals surface area contributed by atoms with Crippen LogP contribution < -0.4 is 10.0 Å². The number of amides is 1. The summed E-state index contributed by atoms with van der Waals surface area (Å²) in [6, 6.07) is 4.55. The van der Waals surface area contributed by atoms with Crippen molar-refractivity contribution in [2.24, 2.45) is 5.92 Å². The summed E-state index contributed by atoms with van der Waals surface area (Å²) in [7, 11) is -3.83. The quantitative estimate of drug-likeness (QED) is 0.727. The maximum atomic E-state index is 12.6. The van der Waals surface area contributed by atoms with Gasteiger partial charge >= 0.3 is 0 Å². The van der Waals surface area contributed by atoms with Gasteiger partial charge in [0, 0.05) is 30.2 Å². The highest BCUT2D eigenvalue weighted by Crippen LogP contribution is 2.24. The van der Waals surface area contributed by atoms with Gasteiger partial charge in [0.1, 0.15) is 4.90 Å². The molecule has 158 valence electrons. The monoisotopic (exact) mass is 429 g/mol. The second-order valence-corrected chi connectivity index (χ2v) is 10.9. The van der Waals surface area contributed by atoms with Crippen molar-refractivity contribution in [3.8, 4) is 0 Å². The molecule has 1 amide bonds. The maximum absolute atomic E-state index is 12.6. The Balaban J connectivity index is 2.08. The normalized spacial score (nSPS) is 20.0. The number of sulfonamides is 1. The van der Waals surface area contributed by atoms with Gasteiger partial charge in [-0.2, -0.15) is 0 Å². The van der Waals surface area contributed by atoms with E-state index in [0.29, 0.717) is 12.5 Å². The minimum atomic E-state index is -3.83. The zero-order valence-electron chi connectivity index (χ0n) is 17.4. The van der Waals surface area contributed by atoms with Crippen molar-refractivity contribution < 1.29 is 13.2 Å². The molecule has 0 radical (unpaired) electrons. The fourth-order valence-electron chi connectivity index (χ4n) is 3.41. The van der Waals surface area contributed by atoms with E-state index in [4.69, 9.17) is 11.6 Å². The SMILES string of the molecule is CC1CCCN(C(C)CNC(=O)c2ccc(Cl)c(S(=O)(=O)NC(C)(C)C)c2)C1. The standard InChI is InChI=1S/C20H32ClN3O3S/c1-14-7-6-10-24(13-14)15(2)12-22-19(25)16-8-9-17(21)18(11-16)28(26,27)23-20(3,4)5/h8-9,11,14-15,23H,6-7,10,12-13H2,1-5H3,(H,22,25). The van der Waals surface area contributed by atoms with Crippen LogP contribution in [0, 0.1) is 5.92 Å². The molecule has 28 heavy (non-hydrogen) atoms. The van der Waals surface area contributed by atoms with E-state index in [0.717, 1.165) is 13.1 Å². The number of nitrogens with one attached hydrogen (secondary N) is 2. The first kappa shape index (κ1) is 23.1. The minimum Gasteiger partial charge on any atom is -0.350 e. The van der Waals surface area contributed by atoms with Gasteiger partial charge in [0.2, 0.25) is 10.0 Å². The molecule has 8 heteroatoms. The van der Waals surface area contributed by atoms with E-state index < -0.39 is 15.6 Å². The molecule has 1 heterocycles. The molecule has 2 N–H and O–H groups in total. The maximum Gasteiger partial charge on any atom is 0.251 e. The number of benzene rings is 1. The minimum absolute atomic E-state index is 0.0870. The van der Waals surface area contributed by atoms with E-state index in [1.165, 1.54) is 25.0 Å². The van der Waals surface area contributed by atoms with Gasteiger partial charge in [-0.3, -0.25) is 9.69 Å². The van der Waals surface area contributed by atoms with Gasteiger partial charge in [-0.1, -0.05) is 18.5 Å². The van der Waals surface area contributed by atoms with Gasteiger partial charge in [0.05, 0.1) is 5.02 Å². The third-order valence-corrected chi connectivity index (χ3v) is 7.03. The highest BCUT2D eigenvalue weighted by atomic mass is 35.5. The number of halogens is 1. The Morgan fingerprint density at radius 3 is 2.64 bits per heavy atom. The number of carbonyl (C=O) groups excluding carboxylic acids is 1. The van der Waals surface area contributed by atoms with Crippen LogP contribution in [0.5, 0.6) is 0 Å². The fourth-order valence-corrected chi connectivity index (χ4v) is 5.35. The number of hydrogen-bond donors (Lipinski definition) is 2. The second kappa shape index (κ2) is 9.11. The number of carbonyl (C=O) groups is 1. The molecule has 0 aliphatic carbocycles. The van der Waals surface area contributed by atoms with Gasteiger partial charge in [0.15, 0.2) is 0 Å². The number of nitrogens with zero attached hydrogens (tertiary/aromatic N) is 1. The van der Waals surface area contributed by atoms with Crippen molar-refractivity contribution in [1.82, 2.24) is 14.9 Å². The molecule has 6 nitrogen and oxygen atoms in total. The molecule has 1 aromatic carbocycles. The first-order valence-corrected chi connectivity index (χ1v) is 11.6. The lowest BCUT2D eigenvalue weighted by molar-refractivity contribution is 0.0917. The molecule has 1 fully saturated rings. The van der Waals surface area contributed by atoms with Crippen LogP contribution in [0.1, 0.15) is 57.8 Å². The highest BCUT2D eigenvalue weighted by Gasteiger charge is 2.26. The summed E-state index contributed by atoms with van der Waals surface area (Å²) in [5.41, 5.74) is -0.376. The van der Waals surface area contributed by atoms with Crippen LogP contribution >= 0.6 is 11.6 Å². The summed E-state index contributed by atoms with van der Waals surface area (Å²) < 4.78 is 27.8. The Labute approximate surface area is 174 Å². The molecule has 0 saturated carbocycles. The van der Waals surface area contributed by atoms with Crippen molar-refractivity contribution in [3.63, 3.8) is 0 Å². The van der Waals surface area contributed by atoms with E-state index in [1.807, 2.05) is 0 Å². The summed E-state index contributed by atoms with van der Waals surface area (Å²) in [6.07, 6.45) is 2.43. The summed E-state index contributed by atoms with van der Waals surface area (Å²) in [5, 5.41) is 3.01. The van der Waals surface area contributed by atoms with Crippen molar-refractivity contribution in [1.29, 1.82) is 0 Å². The summed E-state index contributed by atoms with van der Waals surface area (Å²) in [4.78, 5) is 14.9. The lowest BCUT2D eigenvalue weighted by Crippen LogP contribution is -2.46. The summed E-state index contributed by atoms with van der Waals surface area (Å²) in [6.45, 7) is 12.2. The van der Waals surface area contributed by atoms with Crippen LogP contribution in [-0.2, 0) is 10.0 Å². The Hall–Kier alpha value is -1.15. The van der Waals surface area contributed by atoms with Crippen LogP contribution in [0.3, 0.4) is 0 Å². The van der Waals surface area contributed by atoms with Gasteiger partial charge in [-0.15, -0.1) is 0 Å². The van der Waals surface area contributed by atoms with Crippen molar-refractivity contribution in [2.45, 2.75) is 63.9 Å². The van der Waals surface area contributed by atoms with E-state index in [-0.39, 0.29) is 27.4 Å². The average molecular weight is 430 g/mol. The van der Waals surface area contributed by atoms with Crippen molar-refractivity contribution in [3.05, 3.63) is 28.8 Å². The second-order valence-electron chi connectivity index (χ2n) is 8.80. The van der Waals surface area contributed by atoms with Gasteiger partial charge < -0.3 is 5.32 Å². The molecular formula is C20H32ClN3O3S. The van der Waals surface area contributed by atoms with Crippen molar-refractivity contribution in [2.75, 3.05) is 19.6 Å². The summed E-state index contributed by atoms with van der Waals surface area (Å²) >= 11 is 6.10. The molecule has 1 saturated heterocycles. The van der Waals surface area contributed by atoms with E-state index in [9.17, 15) is 13.2 Å². The van der Waals surface area contributed by atoms with Gasteiger partial charge in [-0.05, 0) is 71.2 Å². The number of likely N-dealkylation sites (tertiary alicyclic amines) is 1. The molecule has 1 aromatic rings. The lowest BCUT2D eigenvalue weighted by Gasteiger charge is -2.35. The fraction of sp³-hybridized carbons (Fsp3) is 0.650. The third-order valence-electron chi connectivity index (χ3n) is 4.79. The lowest BCUT2D eigenvalue weighted by atomic mass is 9.99. The van der Waals surface area contributed by atoms with Crippen LogP contribution in [-0.4, -0.2) is 50.4 Å². The van der Waals surface area contributed by atoms with Crippen LogP contribution in [0.2, 0.25) is 5.02 Å². The molecular weight excluding hydrogens is 398 g/mol. The van der Waals surface area contributed by atoms with E-state index in [2.05, 4.69) is 28.8 Å². The number of piperidine rings is 1. The molecule has 0 bridgehead atoms. The Kier molecular flexibility index (Phi) is 7.53. The predicted octanol–water partition coefficient (Wildman–Crippen LogP) is 3.27. The van der Waals surface area contributed by atoms with Crippen LogP contribution in [0.15, 0.2) is 23.1 Å². The molecule has 1 aliphatic heterocycles. The Morgan fingerprint density at radius 1 is 1.36 bits per heavy atom. The molecule has 2 unspecified atom stereocenters. The van der Waals surface area contributed by atoms with E-state index in [1.54, 1.807) is 26.8 Å². The summed E-state index contributed by atoms with van der Waals surface area (Å²) in [5.74, 6) is 0.368. The molecule has 0 spiro atoms. The Bertz CT molecular complexity index is 805. The van der Waals surface area contributed by atoms with Crippen LogP contribution in [0.4, 0.5) is 0 Å². The first-order chi connectivity index (χ1) is 12.9. The van der Waals surface area contributed by atoms with Gasteiger partial charge in [-0.25, -0.2) is 13.1 Å². The van der Waals surface area contributed by atoms with Crippen molar-refractivity contribution >= 4 is 27.5 Å². The van der Waals surface area contributed by atoms with E-state index >= 15 is 0 Å². The zero-order chi connectivity index (χ0) is 21.1. The Morgan fingerprint density at radius 2 is 2.04 bits per heavy atom. The smallest absolute Gasteiger partial charge is 0.251 e.